The summed E-state index contributed by atoms with van der Waals surface area (Å²) in [5.74, 6) is 0.608. The number of amides is 2. The largest absolute Gasteiger partial charge is 0.338 e. The Labute approximate surface area is 116 Å². The van der Waals surface area contributed by atoms with Crippen molar-refractivity contribution in [2.75, 3.05) is 39.8 Å². The second-order valence-electron chi connectivity index (χ2n) is 6.02. The van der Waals surface area contributed by atoms with Gasteiger partial charge in [0.05, 0.1) is 0 Å². The third-order valence-corrected chi connectivity index (χ3v) is 4.16. The van der Waals surface area contributed by atoms with E-state index in [-0.39, 0.29) is 12.1 Å². The number of nitrogens with one attached hydrogen (secondary N) is 3. The van der Waals surface area contributed by atoms with Crippen molar-refractivity contribution in [1.82, 2.24) is 20.9 Å². The monoisotopic (exact) mass is 268 g/mol. The summed E-state index contributed by atoms with van der Waals surface area (Å²) in [6.45, 7) is 5.08. The van der Waals surface area contributed by atoms with E-state index in [0.29, 0.717) is 5.92 Å². The molecule has 2 saturated heterocycles. The second-order valence-corrected chi connectivity index (χ2v) is 6.02. The summed E-state index contributed by atoms with van der Waals surface area (Å²) in [5, 5.41) is 9.48. The Morgan fingerprint density at radius 1 is 1.32 bits per heavy atom. The van der Waals surface area contributed by atoms with Crippen LogP contribution < -0.4 is 16.0 Å². The van der Waals surface area contributed by atoms with E-state index in [1.807, 2.05) is 0 Å². The van der Waals surface area contributed by atoms with Crippen LogP contribution in [0.4, 0.5) is 4.79 Å². The highest BCUT2D eigenvalue weighted by Gasteiger charge is 2.19. The molecule has 19 heavy (non-hydrogen) atoms. The number of urea groups is 1. The van der Waals surface area contributed by atoms with Gasteiger partial charge in [0.2, 0.25) is 0 Å². The molecule has 2 heterocycles. The minimum absolute atomic E-state index is 0.00178. The third-order valence-electron chi connectivity index (χ3n) is 4.16. The molecule has 0 radical (unpaired) electrons. The first kappa shape index (κ1) is 14.6. The molecular formula is C14H28N4O. The van der Waals surface area contributed by atoms with Crippen LogP contribution in [0.25, 0.3) is 0 Å². The van der Waals surface area contributed by atoms with E-state index in [1.165, 1.54) is 32.2 Å². The molecule has 0 aliphatic carbocycles. The van der Waals surface area contributed by atoms with E-state index in [2.05, 4.69) is 27.9 Å². The fourth-order valence-electron chi connectivity index (χ4n) is 3.06. The Bertz CT molecular complexity index is 277. The first-order valence-corrected chi connectivity index (χ1v) is 7.67. The zero-order chi connectivity index (χ0) is 13.5. The summed E-state index contributed by atoms with van der Waals surface area (Å²) < 4.78 is 0. The fourth-order valence-corrected chi connectivity index (χ4v) is 3.06. The minimum atomic E-state index is 0.00178. The number of carbonyl (C=O) groups excluding carboxylic acids is 1. The minimum Gasteiger partial charge on any atom is -0.338 e. The van der Waals surface area contributed by atoms with Crippen LogP contribution in [-0.4, -0.2) is 56.7 Å². The van der Waals surface area contributed by atoms with E-state index >= 15 is 0 Å². The van der Waals surface area contributed by atoms with Crippen LogP contribution in [0, 0.1) is 5.92 Å². The molecule has 0 bridgehead atoms. The van der Waals surface area contributed by atoms with E-state index in [1.54, 1.807) is 0 Å². The van der Waals surface area contributed by atoms with Gasteiger partial charge in [0.15, 0.2) is 0 Å². The molecule has 0 spiro atoms. The highest BCUT2D eigenvalue weighted by molar-refractivity contribution is 5.74. The van der Waals surface area contributed by atoms with Crippen molar-refractivity contribution in [1.29, 1.82) is 0 Å². The molecule has 2 amide bonds. The summed E-state index contributed by atoms with van der Waals surface area (Å²) in [6, 6.07) is 0.290. The Kier molecular flexibility index (Phi) is 5.92. The maximum atomic E-state index is 11.9. The molecule has 2 aliphatic heterocycles. The van der Waals surface area contributed by atoms with Crippen molar-refractivity contribution in [2.24, 2.45) is 5.92 Å². The van der Waals surface area contributed by atoms with Crippen LogP contribution in [-0.2, 0) is 0 Å². The quantitative estimate of drug-likeness (QED) is 0.708. The van der Waals surface area contributed by atoms with Crippen LogP contribution in [0.2, 0.25) is 0 Å². The predicted molar refractivity (Wildman–Crippen MR) is 77.3 cm³/mol. The zero-order valence-electron chi connectivity index (χ0n) is 12.1. The molecule has 110 valence electrons. The number of likely N-dealkylation sites (tertiary alicyclic amines) is 1. The molecule has 2 aliphatic rings. The van der Waals surface area contributed by atoms with Crippen LogP contribution in [0.1, 0.15) is 32.1 Å². The van der Waals surface area contributed by atoms with Crippen molar-refractivity contribution >= 4 is 6.03 Å². The van der Waals surface area contributed by atoms with Crippen molar-refractivity contribution < 1.29 is 4.79 Å². The van der Waals surface area contributed by atoms with E-state index in [9.17, 15) is 4.79 Å². The molecule has 5 nitrogen and oxygen atoms in total. The number of hydrogen-bond donors (Lipinski definition) is 3. The van der Waals surface area contributed by atoms with Crippen LogP contribution in [0.3, 0.4) is 0 Å². The number of piperidine rings is 1. The molecule has 0 aromatic carbocycles. The normalized spacial score (nSPS) is 29.5. The van der Waals surface area contributed by atoms with Gasteiger partial charge < -0.3 is 20.9 Å². The van der Waals surface area contributed by atoms with Gasteiger partial charge in [-0.25, -0.2) is 4.79 Å². The average Bonchev–Trinajstić information content (AvgIpc) is 2.65. The average molecular weight is 268 g/mol. The van der Waals surface area contributed by atoms with Gasteiger partial charge >= 0.3 is 6.03 Å². The summed E-state index contributed by atoms with van der Waals surface area (Å²) in [7, 11) is 2.16. The summed E-state index contributed by atoms with van der Waals surface area (Å²) in [4.78, 5) is 14.2. The molecule has 2 unspecified atom stereocenters. The maximum Gasteiger partial charge on any atom is 0.315 e. The Balaban J connectivity index is 1.63. The first-order valence-electron chi connectivity index (χ1n) is 7.67. The van der Waals surface area contributed by atoms with Crippen molar-refractivity contribution in [3.63, 3.8) is 0 Å². The van der Waals surface area contributed by atoms with Crippen LogP contribution in [0.5, 0.6) is 0 Å². The molecule has 2 fully saturated rings. The number of carbonyl (C=O) groups is 1. The van der Waals surface area contributed by atoms with Gasteiger partial charge in [-0.15, -0.1) is 0 Å². The summed E-state index contributed by atoms with van der Waals surface area (Å²) in [6.07, 6.45) is 5.98. The summed E-state index contributed by atoms with van der Waals surface area (Å²) in [5.41, 5.74) is 0. The molecule has 2 atom stereocenters. The predicted octanol–water partition coefficient (Wildman–Crippen LogP) is 0.770. The Hall–Kier alpha value is -0.810. The van der Waals surface area contributed by atoms with E-state index < -0.39 is 0 Å². The van der Waals surface area contributed by atoms with Gasteiger partial charge in [-0.1, -0.05) is 6.42 Å². The molecule has 0 aromatic heterocycles. The molecule has 3 N–H and O–H groups in total. The van der Waals surface area contributed by atoms with Crippen LogP contribution in [0.15, 0.2) is 0 Å². The van der Waals surface area contributed by atoms with Gasteiger partial charge in [-0.2, -0.15) is 0 Å². The van der Waals surface area contributed by atoms with Gasteiger partial charge in [0, 0.05) is 25.7 Å². The lowest BCUT2D eigenvalue weighted by molar-refractivity contribution is 0.200. The van der Waals surface area contributed by atoms with Gasteiger partial charge in [-0.05, 0) is 51.7 Å². The lowest BCUT2D eigenvalue weighted by Gasteiger charge is -2.29. The van der Waals surface area contributed by atoms with Crippen molar-refractivity contribution in [3.05, 3.63) is 0 Å². The number of nitrogens with zero attached hydrogens (tertiary/aromatic N) is 1. The first-order chi connectivity index (χ1) is 9.24. The van der Waals surface area contributed by atoms with Crippen LogP contribution >= 0.6 is 0 Å². The molecule has 5 heteroatoms. The van der Waals surface area contributed by atoms with Gasteiger partial charge in [0.25, 0.3) is 0 Å². The maximum absolute atomic E-state index is 11.9. The van der Waals surface area contributed by atoms with Gasteiger partial charge in [-0.3, -0.25) is 0 Å². The number of rotatable bonds is 3. The van der Waals surface area contributed by atoms with Crippen molar-refractivity contribution in [3.8, 4) is 0 Å². The molecule has 2 rings (SSSR count). The SMILES string of the molecule is CN1CCCC(CNC(=O)NC2CCCCNC2)C1. The summed E-state index contributed by atoms with van der Waals surface area (Å²) >= 11 is 0. The Morgan fingerprint density at radius 2 is 2.21 bits per heavy atom. The van der Waals surface area contributed by atoms with Crippen molar-refractivity contribution in [2.45, 2.75) is 38.1 Å². The molecular weight excluding hydrogens is 240 g/mol. The fraction of sp³-hybridized carbons (Fsp3) is 0.929. The molecule has 0 saturated carbocycles. The zero-order valence-corrected chi connectivity index (χ0v) is 12.1. The van der Waals surface area contributed by atoms with Gasteiger partial charge in [0.1, 0.15) is 0 Å². The van der Waals surface area contributed by atoms with E-state index in [0.717, 1.165) is 32.6 Å². The number of hydrogen-bond acceptors (Lipinski definition) is 3. The smallest absolute Gasteiger partial charge is 0.315 e. The van der Waals surface area contributed by atoms with E-state index in [4.69, 9.17) is 0 Å². The second kappa shape index (κ2) is 7.70. The standard InChI is InChI=1S/C14H28N4O/c1-18-8-4-5-12(11-18)9-16-14(19)17-13-6-2-3-7-15-10-13/h12-13,15H,2-11H2,1H3,(H2,16,17,19). The Morgan fingerprint density at radius 3 is 3.05 bits per heavy atom. The topological polar surface area (TPSA) is 56.4 Å². The molecule has 0 aromatic rings. The lowest BCUT2D eigenvalue weighted by atomic mass is 9.99. The third kappa shape index (κ3) is 5.37. The highest BCUT2D eigenvalue weighted by Crippen LogP contribution is 2.13. The lowest BCUT2D eigenvalue weighted by Crippen LogP contribution is -2.48. The highest BCUT2D eigenvalue weighted by atomic mass is 16.2.